The van der Waals surface area contributed by atoms with Crippen molar-refractivity contribution in [2.75, 3.05) is 6.61 Å². The van der Waals surface area contributed by atoms with Crippen LogP contribution in [0.15, 0.2) is 78.6 Å². The largest absolute Gasteiger partial charge is 0.489 e. The van der Waals surface area contributed by atoms with Crippen molar-refractivity contribution in [1.29, 1.82) is 0 Å². The molecule has 3 aromatic carbocycles. The van der Waals surface area contributed by atoms with Gasteiger partial charge in [-0.3, -0.25) is 4.79 Å². The smallest absolute Gasteiger partial charge is 0.231 e. The monoisotopic (exact) mass is 406 g/mol. The molecule has 0 bridgehead atoms. The zero-order chi connectivity index (χ0) is 20.2. The Labute approximate surface area is 172 Å². The number of carbonyl (C=O) groups excluding carboxylic acids is 1. The summed E-state index contributed by atoms with van der Waals surface area (Å²) in [5.74, 6) is 0.118. The predicted molar refractivity (Wildman–Crippen MR) is 112 cm³/mol. The van der Waals surface area contributed by atoms with Gasteiger partial charge in [-0.1, -0.05) is 54.1 Å². The molecule has 4 rings (SSSR count). The van der Waals surface area contributed by atoms with E-state index in [0.29, 0.717) is 23.7 Å². The quantitative estimate of drug-likeness (QED) is 0.474. The summed E-state index contributed by atoms with van der Waals surface area (Å²) in [6.07, 6.45) is 5.19. The standard InChI is InChI=1S/C24H16ClFO3/c25-20-9-4-10-21(26)19(20)15-23-24(27)18-12-11-17(14-22(18)29-23)28-13-5-8-16-6-2-1-3-7-16/h1-12,14-15H,13H2/b8-5+,23-15-. The maximum atomic E-state index is 14.0. The molecular weight excluding hydrogens is 391 g/mol. The van der Waals surface area contributed by atoms with Gasteiger partial charge < -0.3 is 9.47 Å². The lowest BCUT2D eigenvalue weighted by molar-refractivity contribution is 0.101. The van der Waals surface area contributed by atoms with Gasteiger partial charge in [0.2, 0.25) is 5.78 Å². The second kappa shape index (κ2) is 8.33. The van der Waals surface area contributed by atoms with Gasteiger partial charge in [-0.25, -0.2) is 4.39 Å². The normalized spacial score (nSPS) is 14.3. The van der Waals surface area contributed by atoms with Crippen molar-refractivity contribution in [3.63, 3.8) is 0 Å². The van der Waals surface area contributed by atoms with Crippen molar-refractivity contribution in [2.45, 2.75) is 0 Å². The van der Waals surface area contributed by atoms with Gasteiger partial charge in [0, 0.05) is 11.6 Å². The number of benzene rings is 3. The average Bonchev–Trinajstić information content (AvgIpc) is 3.04. The summed E-state index contributed by atoms with van der Waals surface area (Å²) in [6, 6.07) is 19.2. The first-order valence-corrected chi connectivity index (χ1v) is 9.36. The van der Waals surface area contributed by atoms with E-state index in [4.69, 9.17) is 21.1 Å². The zero-order valence-electron chi connectivity index (χ0n) is 15.3. The van der Waals surface area contributed by atoms with E-state index in [1.807, 2.05) is 42.5 Å². The van der Waals surface area contributed by atoms with Crippen molar-refractivity contribution < 1.29 is 18.7 Å². The molecule has 0 atom stereocenters. The Balaban J connectivity index is 1.47. The number of halogens is 2. The number of hydrogen-bond donors (Lipinski definition) is 0. The van der Waals surface area contributed by atoms with Crippen molar-refractivity contribution in [2.24, 2.45) is 0 Å². The van der Waals surface area contributed by atoms with Gasteiger partial charge in [0.15, 0.2) is 5.76 Å². The number of ether oxygens (including phenoxy) is 2. The van der Waals surface area contributed by atoms with Gasteiger partial charge in [0.25, 0.3) is 0 Å². The van der Waals surface area contributed by atoms with Gasteiger partial charge >= 0.3 is 0 Å². The Kier molecular flexibility index (Phi) is 5.45. The van der Waals surface area contributed by atoms with E-state index < -0.39 is 5.82 Å². The number of fused-ring (bicyclic) bond motifs is 1. The molecule has 3 aromatic rings. The second-order valence-corrected chi connectivity index (χ2v) is 6.76. The molecule has 0 N–H and O–H groups in total. The van der Waals surface area contributed by atoms with E-state index in [1.165, 1.54) is 18.2 Å². The minimum Gasteiger partial charge on any atom is -0.489 e. The fourth-order valence-corrected chi connectivity index (χ4v) is 3.15. The molecule has 0 spiro atoms. The van der Waals surface area contributed by atoms with Crippen LogP contribution in [-0.4, -0.2) is 12.4 Å². The summed E-state index contributed by atoms with van der Waals surface area (Å²) in [4.78, 5) is 12.5. The topological polar surface area (TPSA) is 35.5 Å². The Hall–Kier alpha value is -3.37. The highest BCUT2D eigenvalue weighted by Gasteiger charge is 2.28. The lowest BCUT2D eigenvalue weighted by Crippen LogP contribution is -1.99. The SMILES string of the molecule is O=C1/C(=C/c2c(F)cccc2Cl)Oc2cc(OC/C=C/c3ccccc3)ccc21. The molecule has 5 heteroatoms. The minimum absolute atomic E-state index is 0.0214. The lowest BCUT2D eigenvalue weighted by Gasteiger charge is -2.05. The van der Waals surface area contributed by atoms with E-state index in [9.17, 15) is 9.18 Å². The molecule has 0 radical (unpaired) electrons. The minimum atomic E-state index is -0.522. The summed E-state index contributed by atoms with van der Waals surface area (Å²) in [7, 11) is 0. The van der Waals surface area contributed by atoms with Crippen LogP contribution in [0.4, 0.5) is 4.39 Å². The molecule has 3 nitrogen and oxygen atoms in total. The van der Waals surface area contributed by atoms with E-state index in [2.05, 4.69) is 0 Å². The molecular formula is C24H16ClFO3. The van der Waals surface area contributed by atoms with Gasteiger partial charge in [-0.15, -0.1) is 0 Å². The Bertz CT molecular complexity index is 1100. The third-order valence-electron chi connectivity index (χ3n) is 4.37. The first-order valence-electron chi connectivity index (χ1n) is 8.98. The Morgan fingerprint density at radius 1 is 1.03 bits per heavy atom. The van der Waals surface area contributed by atoms with Crippen molar-refractivity contribution in [3.8, 4) is 11.5 Å². The number of allylic oxidation sites excluding steroid dienone is 1. The maximum Gasteiger partial charge on any atom is 0.231 e. The lowest BCUT2D eigenvalue weighted by atomic mass is 10.1. The number of ketones is 1. The molecule has 0 amide bonds. The summed E-state index contributed by atoms with van der Waals surface area (Å²) in [6.45, 7) is 0.370. The second-order valence-electron chi connectivity index (χ2n) is 6.36. The fourth-order valence-electron chi connectivity index (χ4n) is 2.93. The molecule has 0 aliphatic carbocycles. The van der Waals surface area contributed by atoms with Crippen LogP contribution in [0.2, 0.25) is 5.02 Å². The van der Waals surface area contributed by atoms with Crippen molar-refractivity contribution >= 4 is 29.5 Å². The zero-order valence-corrected chi connectivity index (χ0v) is 16.0. The summed E-state index contributed by atoms with van der Waals surface area (Å²) in [5, 5.41) is 0.207. The molecule has 1 aliphatic rings. The molecule has 144 valence electrons. The number of Topliss-reactive ketones (excluding diaryl/α,β-unsaturated/α-hetero) is 1. The van der Waals surface area contributed by atoms with Gasteiger partial charge in [0.05, 0.1) is 10.6 Å². The fraction of sp³-hybridized carbons (Fsp3) is 0.0417. The summed E-state index contributed by atoms with van der Waals surface area (Å²) >= 11 is 6.03. The van der Waals surface area contributed by atoms with Crippen LogP contribution < -0.4 is 9.47 Å². The van der Waals surface area contributed by atoms with Crippen LogP contribution in [-0.2, 0) is 0 Å². The van der Waals surface area contributed by atoms with Crippen LogP contribution >= 0.6 is 11.6 Å². The molecule has 0 saturated carbocycles. The molecule has 0 aromatic heterocycles. The van der Waals surface area contributed by atoms with Crippen LogP contribution in [0.25, 0.3) is 12.2 Å². The molecule has 29 heavy (non-hydrogen) atoms. The third-order valence-corrected chi connectivity index (χ3v) is 4.70. The summed E-state index contributed by atoms with van der Waals surface area (Å²) < 4.78 is 25.3. The third kappa shape index (κ3) is 4.23. The van der Waals surface area contributed by atoms with Gasteiger partial charge in [-0.05, 0) is 42.0 Å². The van der Waals surface area contributed by atoms with Crippen LogP contribution in [0.1, 0.15) is 21.5 Å². The highest BCUT2D eigenvalue weighted by atomic mass is 35.5. The van der Waals surface area contributed by atoms with Gasteiger partial charge in [-0.2, -0.15) is 0 Å². The highest BCUT2D eigenvalue weighted by Crippen LogP contribution is 2.35. The van der Waals surface area contributed by atoms with E-state index in [0.717, 1.165) is 5.56 Å². The van der Waals surface area contributed by atoms with Crippen molar-refractivity contribution in [3.05, 3.63) is 106 Å². The Morgan fingerprint density at radius 3 is 2.66 bits per heavy atom. The van der Waals surface area contributed by atoms with Gasteiger partial charge in [0.1, 0.15) is 23.9 Å². The predicted octanol–water partition coefficient (Wildman–Crippen LogP) is 6.19. The molecule has 0 unspecified atom stereocenters. The molecule has 0 fully saturated rings. The van der Waals surface area contributed by atoms with E-state index in [1.54, 1.807) is 24.3 Å². The number of rotatable bonds is 5. The molecule has 0 saturated heterocycles. The van der Waals surface area contributed by atoms with E-state index >= 15 is 0 Å². The first kappa shape index (κ1) is 19.0. The first-order chi connectivity index (χ1) is 14.1. The number of carbonyl (C=O) groups is 1. The van der Waals surface area contributed by atoms with E-state index in [-0.39, 0.29) is 22.1 Å². The van der Waals surface area contributed by atoms with Crippen LogP contribution in [0.3, 0.4) is 0 Å². The average molecular weight is 407 g/mol. The molecule has 1 aliphatic heterocycles. The molecule has 1 heterocycles. The summed E-state index contributed by atoms with van der Waals surface area (Å²) in [5.41, 5.74) is 1.60. The Morgan fingerprint density at radius 2 is 1.86 bits per heavy atom. The number of hydrogen-bond acceptors (Lipinski definition) is 3. The maximum absolute atomic E-state index is 14.0. The highest BCUT2D eigenvalue weighted by molar-refractivity contribution is 6.32. The van der Waals surface area contributed by atoms with Crippen LogP contribution in [0.5, 0.6) is 11.5 Å². The van der Waals surface area contributed by atoms with Crippen LogP contribution in [0, 0.1) is 5.82 Å². The van der Waals surface area contributed by atoms with Crippen molar-refractivity contribution in [1.82, 2.24) is 0 Å².